The first-order valence-electron chi connectivity index (χ1n) is 13.3. The molecule has 0 atom stereocenters. The van der Waals surface area contributed by atoms with Crippen LogP contribution >= 0.6 is 0 Å². The van der Waals surface area contributed by atoms with E-state index < -0.39 is 0 Å². The monoisotopic (exact) mass is 507 g/mol. The molecule has 4 rings (SSSR count). The summed E-state index contributed by atoms with van der Waals surface area (Å²) in [5.41, 5.74) is 8.36. The van der Waals surface area contributed by atoms with Gasteiger partial charge in [-0.2, -0.15) is 0 Å². The Balaban J connectivity index is 1.47. The summed E-state index contributed by atoms with van der Waals surface area (Å²) >= 11 is 0. The summed E-state index contributed by atoms with van der Waals surface area (Å²) in [7, 11) is 0. The highest BCUT2D eigenvalue weighted by Crippen LogP contribution is 2.30. The van der Waals surface area contributed by atoms with Crippen LogP contribution in [0, 0.1) is 13.8 Å². The van der Waals surface area contributed by atoms with Crippen LogP contribution in [0.4, 0.5) is 0 Å². The number of nitrogens with one attached hydrogen (secondary N) is 1. The molecule has 1 N–H and O–H groups in total. The molecule has 0 aliphatic rings. The number of amides is 1. The smallest absolute Gasteiger partial charge is 0.216 e. The van der Waals surface area contributed by atoms with E-state index in [1.54, 1.807) is 6.92 Å². The van der Waals surface area contributed by atoms with Crippen molar-refractivity contribution in [1.82, 2.24) is 5.32 Å². The lowest BCUT2D eigenvalue weighted by Crippen LogP contribution is -2.20. The summed E-state index contributed by atoms with van der Waals surface area (Å²) in [6.45, 7) is 7.49. The zero-order valence-corrected chi connectivity index (χ0v) is 22.6. The SMILES string of the molecule is CC(=O)NCCCCc1ccc(OCc2cccc(-c3ccccc3)c2C)cc1OCc1ccccc1C. The third-order valence-corrected chi connectivity index (χ3v) is 6.86. The molecule has 4 aromatic rings. The van der Waals surface area contributed by atoms with E-state index in [0.29, 0.717) is 19.8 Å². The third kappa shape index (κ3) is 7.48. The van der Waals surface area contributed by atoms with Gasteiger partial charge < -0.3 is 14.8 Å². The predicted octanol–water partition coefficient (Wildman–Crippen LogP) is 7.59. The van der Waals surface area contributed by atoms with Crippen LogP contribution in [-0.2, 0) is 24.4 Å². The van der Waals surface area contributed by atoms with Gasteiger partial charge in [0.1, 0.15) is 24.7 Å². The largest absolute Gasteiger partial charge is 0.489 e. The standard InChI is InChI=1S/C34H37NO3/c1-25-12-7-8-16-30(25)23-38-34-22-32(20-19-29(34)15-9-10-21-35-27(3)36)37-24-31-17-11-18-33(26(31)2)28-13-5-4-6-14-28/h4-8,11-14,16-20,22H,9-10,15,21,23-24H2,1-3H3,(H,35,36). The first-order chi connectivity index (χ1) is 18.5. The van der Waals surface area contributed by atoms with E-state index in [0.717, 1.165) is 41.9 Å². The number of carbonyl (C=O) groups is 1. The molecule has 196 valence electrons. The van der Waals surface area contributed by atoms with Crippen molar-refractivity contribution in [3.05, 3.63) is 119 Å². The molecule has 4 aromatic carbocycles. The lowest BCUT2D eigenvalue weighted by atomic mass is 9.97. The van der Waals surface area contributed by atoms with Gasteiger partial charge in [-0.1, -0.05) is 78.9 Å². The number of unbranched alkanes of at least 4 members (excludes halogenated alkanes) is 1. The van der Waals surface area contributed by atoms with Crippen LogP contribution in [-0.4, -0.2) is 12.5 Å². The van der Waals surface area contributed by atoms with Crippen molar-refractivity contribution in [2.45, 2.75) is 53.2 Å². The van der Waals surface area contributed by atoms with Gasteiger partial charge in [-0.3, -0.25) is 4.79 Å². The molecule has 0 unspecified atom stereocenters. The maximum atomic E-state index is 11.1. The Morgan fingerprint density at radius 3 is 2.26 bits per heavy atom. The van der Waals surface area contributed by atoms with E-state index in [9.17, 15) is 4.79 Å². The highest BCUT2D eigenvalue weighted by molar-refractivity contribution is 5.72. The molecule has 4 nitrogen and oxygen atoms in total. The Morgan fingerprint density at radius 1 is 0.737 bits per heavy atom. The average molecular weight is 508 g/mol. The van der Waals surface area contributed by atoms with Crippen LogP contribution in [0.5, 0.6) is 11.5 Å². The topological polar surface area (TPSA) is 47.6 Å². The van der Waals surface area contributed by atoms with Crippen molar-refractivity contribution in [1.29, 1.82) is 0 Å². The fourth-order valence-corrected chi connectivity index (χ4v) is 4.53. The van der Waals surface area contributed by atoms with Gasteiger partial charge in [-0.25, -0.2) is 0 Å². The van der Waals surface area contributed by atoms with Gasteiger partial charge in [0.2, 0.25) is 5.91 Å². The van der Waals surface area contributed by atoms with Crippen molar-refractivity contribution >= 4 is 5.91 Å². The van der Waals surface area contributed by atoms with Gasteiger partial charge >= 0.3 is 0 Å². The molecule has 0 saturated heterocycles. The molecule has 0 aliphatic carbocycles. The summed E-state index contributed by atoms with van der Waals surface area (Å²) in [4.78, 5) is 11.1. The summed E-state index contributed by atoms with van der Waals surface area (Å²) in [6, 6.07) is 31.3. The van der Waals surface area contributed by atoms with Gasteiger partial charge in [0.15, 0.2) is 0 Å². The number of carbonyl (C=O) groups excluding carboxylic acids is 1. The number of rotatable bonds is 12. The molecule has 1 amide bonds. The van der Waals surface area contributed by atoms with Crippen molar-refractivity contribution in [2.24, 2.45) is 0 Å². The second kappa shape index (κ2) is 13.5. The molecule has 4 heteroatoms. The maximum Gasteiger partial charge on any atom is 0.216 e. The molecule has 0 heterocycles. The van der Waals surface area contributed by atoms with Crippen LogP contribution in [0.1, 0.15) is 47.6 Å². The van der Waals surface area contributed by atoms with Gasteiger partial charge in [0.05, 0.1) is 0 Å². The minimum atomic E-state index is 0.0123. The van der Waals surface area contributed by atoms with Crippen LogP contribution in [0.25, 0.3) is 11.1 Å². The highest BCUT2D eigenvalue weighted by atomic mass is 16.5. The number of hydrogen-bond donors (Lipinski definition) is 1. The summed E-state index contributed by atoms with van der Waals surface area (Å²) < 4.78 is 12.6. The van der Waals surface area contributed by atoms with Crippen molar-refractivity contribution in [3.8, 4) is 22.6 Å². The van der Waals surface area contributed by atoms with E-state index in [1.807, 2.05) is 30.3 Å². The van der Waals surface area contributed by atoms with E-state index in [1.165, 1.54) is 27.8 Å². The molecule has 0 saturated carbocycles. The Morgan fingerprint density at radius 2 is 1.47 bits per heavy atom. The van der Waals surface area contributed by atoms with E-state index >= 15 is 0 Å². The Hall–Kier alpha value is -4.05. The zero-order chi connectivity index (χ0) is 26.7. The molecular formula is C34H37NO3. The lowest BCUT2D eigenvalue weighted by Gasteiger charge is -2.16. The fraction of sp³-hybridized carbons (Fsp3) is 0.265. The molecule has 0 aliphatic heterocycles. The van der Waals surface area contributed by atoms with Crippen molar-refractivity contribution in [2.75, 3.05) is 6.54 Å². The molecule has 0 bridgehead atoms. The van der Waals surface area contributed by atoms with Crippen LogP contribution in [0.15, 0.2) is 91.0 Å². The number of aryl methyl sites for hydroxylation is 2. The fourth-order valence-electron chi connectivity index (χ4n) is 4.53. The van der Waals surface area contributed by atoms with Crippen molar-refractivity contribution < 1.29 is 14.3 Å². The number of ether oxygens (including phenoxy) is 2. The molecule has 38 heavy (non-hydrogen) atoms. The molecule has 0 aromatic heterocycles. The maximum absolute atomic E-state index is 11.1. The van der Waals surface area contributed by atoms with Crippen LogP contribution in [0.3, 0.4) is 0 Å². The molecule has 0 radical (unpaired) electrons. The predicted molar refractivity (Wildman–Crippen MR) is 155 cm³/mol. The first kappa shape index (κ1) is 27.0. The van der Waals surface area contributed by atoms with Gasteiger partial charge in [-0.05, 0) is 78.1 Å². The minimum Gasteiger partial charge on any atom is -0.489 e. The van der Waals surface area contributed by atoms with E-state index in [4.69, 9.17) is 9.47 Å². The normalized spacial score (nSPS) is 10.7. The first-order valence-corrected chi connectivity index (χ1v) is 13.3. The Labute approximate surface area is 226 Å². The number of hydrogen-bond acceptors (Lipinski definition) is 3. The zero-order valence-electron chi connectivity index (χ0n) is 22.6. The molecular weight excluding hydrogens is 470 g/mol. The Bertz CT molecular complexity index is 1350. The van der Waals surface area contributed by atoms with Gasteiger partial charge in [0.25, 0.3) is 0 Å². The third-order valence-electron chi connectivity index (χ3n) is 6.86. The van der Waals surface area contributed by atoms with Gasteiger partial charge in [-0.15, -0.1) is 0 Å². The average Bonchev–Trinajstić information content (AvgIpc) is 2.93. The van der Waals surface area contributed by atoms with E-state index in [2.05, 4.69) is 79.8 Å². The molecule has 0 spiro atoms. The van der Waals surface area contributed by atoms with Crippen LogP contribution in [0.2, 0.25) is 0 Å². The summed E-state index contributed by atoms with van der Waals surface area (Å²) in [5, 5.41) is 2.87. The van der Waals surface area contributed by atoms with Gasteiger partial charge in [0, 0.05) is 19.5 Å². The lowest BCUT2D eigenvalue weighted by molar-refractivity contribution is -0.118. The highest BCUT2D eigenvalue weighted by Gasteiger charge is 2.10. The van der Waals surface area contributed by atoms with E-state index in [-0.39, 0.29) is 5.91 Å². The summed E-state index contributed by atoms with van der Waals surface area (Å²) in [6.07, 6.45) is 2.76. The summed E-state index contributed by atoms with van der Waals surface area (Å²) in [5.74, 6) is 1.65. The quantitative estimate of drug-likeness (QED) is 0.201. The second-order valence-corrected chi connectivity index (χ2v) is 9.67. The Kier molecular flexibility index (Phi) is 9.58. The minimum absolute atomic E-state index is 0.0123. The number of benzene rings is 4. The molecule has 0 fully saturated rings. The van der Waals surface area contributed by atoms with Crippen molar-refractivity contribution in [3.63, 3.8) is 0 Å². The van der Waals surface area contributed by atoms with Crippen LogP contribution < -0.4 is 14.8 Å². The second-order valence-electron chi connectivity index (χ2n) is 9.67.